The van der Waals surface area contributed by atoms with E-state index in [-0.39, 0.29) is 18.4 Å². The molecule has 2 aliphatic rings. The summed E-state index contributed by atoms with van der Waals surface area (Å²) in [6.45, 7) is 0.607. The largest absolute Gasteiger partial charge is 0.466 e. The molecule has 0 aliphatic carbocycles. The van der Waals surface area contributed by atoms with E-state index in [1.165, 1.54) is 14.2 Å². The molecular weight excluding hydrogens is 356 g/mol. The van der Waals surface area contributed by atoms with Crippen molar-refractivity contribution in [2.75, 3.05) is 37.8 Å². The maximum absolute atomic E-state index is 12.4. The Hall–Kier alpha value is -3.23. The average Bonchev–Trinajstić information content (AvgIpc) is 3.13. The summed E-state index contributed by atoms with van der Waals surface area (Å²) in [5.41, 5.74) is 0.813. The van der Waals surface area contributed by atoms with Crippen LogP contribution < -0.4 is 19.7 Å². The Bertz CT molecular complexity index is 803. The number of anilines is 2. The van der Waals surface area contributed by atoms with Crippen LogP contribution in [0, 0.1) is 0 Å². The molecule has 1 amide bonds. The Morgan fingerprint density at radius 2 is 1.89 bits per heavy atom. The van der Waals surface area contributed by atoms with Crippen molar-refractivity contribution in [2.45, 2.75) is 19.3 Å². The number of fused-ring (bicyclic) bond motifs is 1. The Morgan fingerprint density at radius 3 is 2.56 bits per heavy atom. The zero-order valence-electron chi connectivity index (χ0n) is 15.1. The number of nitrogens with one attached hydrogen (secondary N) is 1. The Balaban J connectivity index is 2.02. The molecule has 1 aromatic carbocycles. The summed E-state index contributed by atoms with van der Waals surface area (Å²) >= 11 is 0. The van der Waals surface area contributed by atoms with Gasteiger partial charge in [-0.25, -0.2) is 9.59 Å². The molecule has 0 spiro atoms. The van der Waals surface area contributed by atoms with Gasteiger partial charge in [0.2, 0.25) is 12.7 Å². The molecule has 144 valence electrons. The van der Waals surface area contributed by atoms with Gasteiger partial charge in [-0.05, 0) is 12.8 Å². The number of amides is 1. The molecule has 27 heavy (non-hydrogen) atoms. The Kier molecular flexibility index (Phi) is 5.49. The second kappa shape index (κ2) is 7.98. The summed E-state index contributed by atoms with van der Waals surface area (Å²) in [7, 11) is 2.40. The number of rotatable bonds is 5. The fourth-order valence-corrected chi connectivity index (χ4v) is 2.89. The summed E-state index contributed by atoms with van der Waals surface area (Å²) < 4.78 is 20.1. The number of piperidine rings is 1. The molecule has 9 heteroatoms. The van der Waals surface area contributed by atoms with E-state index in [0.717, 1.165) is 18.9 Å². The highest BCUT2D eigenvalue weighted by atomic mass is 16.7. The summed E-state index contributed by atoms with van der Waals surface area (Å²) in [6, 6.07) is 3.30. The van der Waals surface area contributed by atoms with Crippen LogP contribution in [0.3, 0.4) is 0 Å². The smallest absolute Gasteiger partial charge is 0.354 e. The second-order valence-corrected chi connectivity index (χ2v) is 5.92. The van der Waals surface area contributed by atoms with E-state index in [1.54, 1.807) is 17.0 Å². The van der Waals surface area contributed by atoms with E-state index in [9.17, 15) is 14.4 Å². The van der Waals surface area contributed by atoms with Crippen molar-refractivity contribution >= 4 is 29.2 Å². The normalized spacial score (nSPS) is 16.1. The van der Waals surface area contributed by atoms with Crippen molar-refractivity contribution in [2.24, 2.45) is 0 Å². The minimum atomic E-state index is -0.756. The van der Waals surface area contributed by atoms with Gasteiger partial charge in [0.05, 0.1) is 31.7 Å². The number of benzene rings is 1. The molecule has 1 N–H and O–H groups in total. The highest BCUT2D eigenvalue weighted by Crippen LogP contribution is 2.42. The molecule has 1 saturated heterocycles. The highest BCUT2D eigenvalue weighted by molar-refractivity contribution is 6.02. The zero-order valence-corrected chi connectivity index (χ0v) is 15.1. The minimum Gasteiger partial charge on any atom is -0.466 e. The lowest BCUT2D eigenvalue weighted by atomic mass is 10.1. The number of hydrogen-bond donors (Lipinski definition) is 1. The minimum absolute atomic E-state index is 0.0280. The number of carbonyl (C=O) groups is 3. The van der Waals surface area contributed by atoms with E-state index in [1.807, 2.05) is 0 Å². The maximum Gasteiger partial charge on any atom is 0.354 e. The number of hydrogen-bond acceptors (Lipinski definition) is 8. The van der Waals surface area contributed by atoms with Gasteiger partial charge in [-0.15, -0.1) is 0 Å². The number of methoxy groups -OCH3 is 2. The number of ether oxygens (including phenoxy) is 4. The lowest BCUT2D eigenvalue weighted by Crippen LogP contribution is -2.35. The van der Waals surface area contributed by atoms with Crippen LogP contribution in [0.1, 0.15) is 19.3 Å². The van der Waals surface area contributed by atoms with Gasteiger partial charge in [-0.3, -0.25) is 4.79 Å². The van der Waals surface area contributed by atoms with Gasteiger partial charge in [0.25, 0.3) is 0 Å². The van der Waals surface area contributed by atoms with E-state index in [2.05, 4.69) is 10.1 Å². The van der Waals surface area contributed by atoms with Gasteiger partial charge in [-0.2, -0.15) is 0 Å². The van der Waals surface area contributed by atoms with E-state index < -0.39 is 11.9 Å². The average molecular weight is 376 g/mol. The fourth-order valence-electron chi connectivity index (χ4n) is 2.89. The van der Waals surface area contributed by atoms with Gasteiger partial charge < -0.3 is 29.2 Å². The van der Waals surface area contributed by atoms with Crippen LogP contribution in [-0.2, 0) is 23.9 Å². The molecule has 1 fully saturated rings. The third kappa shape index (κ3) is 3.97. The van der Waals surface area contributed by atoms with Crippen LogP contribution in [-0.4, -0.2) is 45.4 Å². The lowest BCUT2D eigenvalue weighted by Gasteiger charge is -2.29. The van der Waals surface area contributed by atoms with Gasteiger partial charge in [0.15, 0.2) is 11.5 Å². The van der Waals surface area contributed by atoms with Crippen molar-refractivity contribution in [3.63, 3.8) is 0 Å². The quantitative estimate of drug-likeness (QED) is 0.610. The van der Waals surface area contributed by atoms with Crippen molar-refractivity contribution in [3.8, 4) is 11.5 Å². The van der Waals surface area contributed by atoms with E-state index in [0.29, 0.717) is 35.8 Å². The Labute approximate surface area is 155 Å². The monoisotopic (exact) mass is 376 g/mol. The van der Waals surface area contributed by atoms with Crippen LogP contribution in [0.2, 0.25) is 0 Å². The van der Waals surface area contributed by atoms with Gasteiger partial charge in [0, 0.05) is 25.1 Å². The van der Waals surface area contributed by atoms with Gasteiger partial charge >= 0.3 is 11.9 Å². The number of nitrogens with zero attached hydrogens (tertiary/aromatic N) is 1. The SMILES string of the molecule is COC(=O)/C=C(/Nc1cc2c(cc1N1CCCCC1=O)OCO2)C(=O)OC. The summed E-state index contributed by atoms with van der Waals surface area (Å²) in [5, 5.41) is 2.87. The van der Waals surface area contributed by atoms with Crippen molar-refractivity contribution in [1.29, 1.82) is 0 Å². The zero-order chi connectivity index (χ0) is 19.4. The molecule has 2 heterocycles. The third-order valence-corrected chi connectivity index (χ3v) is 4.24. The molecule has 0 radical (unpaired) electrons. The first-order chi connectivity index (χ1) is 13.0. The molecule has 0 unspecified atom stereocenters. The molecule has 2 aliphatic heterocycles. The highest BCUT2D eigenvalue weighted by Gasteiger charge is 2.27. The first-order valence-electron chi connectivity index (χ1n) is 8.42. The van der Waals surface area contributed by atoms with Crippen LogP contribution >= 0.6 is 0 Å². The Morgan fingerprint density at radius 1 is 1.15 bits per heavy atom. The maximum atomic E-state index is 12.4. The standard InChI is InChI=1S/C18H20N2O7/c1-24-17(22)8-12(18(23)25-2)19-11-7-14-15(27-10-26-14)9-13(11)20-6-4-3-5-16(20)21/h7-9,19H,3-6,10H2,1-2H3/b12-8+. The van der Waals surface area contributed by atoms with Crippen molar-refractivity contribution < 1.29 is 33.3 Å². The predicted molar refractivity (Wildman–Crippen MR) is 94.5 cm³/mol. The van der Waals surface area contributed by atoms with Gasteiger partial charge in [0.1, 0.15) is 5.70 Å². The topological polar surface area (TPSA) is 103 Å². The predicted octanol–water partition coefficient (Wildman–Crippen LogP) is 1.57. The molecule has 0 atom stereocenters. The number of esters is 2. The van der Waals surface area contributed by atoms with Crippen LogP contribution in [0.5, 0.6) is 11.5 Å². The summed E-state index contributed by atoms with van der Waals surface area (Å²) in [5.74, 6) is -0.536. The van der Waals surface area contributed by atoms with Crippen LogP contribution in [0.25, 0.3) is 0 Å². The van der Waals surface area contributed by atoms with Crippen molar-refractivity contribution in [1.82, 2.24) is 0 Å². The second-order valence-electron chi connectivity index (χ2n) is 5.92. The molecule has 0 aromatic heterocycles. The third-order valence-electron chi connectivity index (χ3n) is 4.24. The molecule has 0 saturated carbocycles. The summed E-state index contributed by atoms with van der Waals surface area (Å²) in [4.78, 5) is 37.7. The molecule has 0 bridgehead atoms. The lowest BCUT2D eigenvalue weighted by molar-refractivity contribution is -0.138. The number of carbonyl (C=O) groups excluding carboxylic acids is 3. The van der Waals surface area contributed by atoms with Crippen molar-refractivity contribution in [3.05, 3.63) is 23.9 Å². The molecule has 3 rings (SSSR count). The molecule has 1 aromatic rings. The van der Waals surface area contributed by atoms with Crippen LogP contribution in [0.15, 0.2) is 23.9 Å². The van der Waals surface area contributed by atoms with E-state index in [4.69, 9.17) is 14.2 Å². The van der Waals surface area contributed by atoms with E-state index >= 15 is 0 Å². The molecular formula is C18H20N2O7. The van der Waals surface area contributed by atoms with Crippen LogP contribution in [0.4, 0.5) is 11.4 Å². The first kappa shape index (κ1) is 18.6. The fraction of sp³-hybridized carbons (Fsp3) is 0.389. The van der Waals surface area contributed by atoms with Gasteiger partial charge in [-0.1, -0.05) is 0 Å². The first-order valence-corrected chi connectivity index (χ1v) is 8.42. The molecule has 9 nitrogen and oxygen atoms in total. The summed E-state index contributed by atoms with van der Waals surface area (Å²) in [6.07, 6.45) is 3.12.